The molecule has 21 heavy (non-hydrogen) atoms. The SMILES string of the molecule is CC(C)C(NC1CCc2cc(Br)ccc21)c1ccccc1. The first-order valence-electron chi connectivity index (χ1n) is 7.74. The van der Waals surface area contributed by atoms with E-state index in [4.69, 9.17) is 0 Å². The lowest BCUT2D eigenvalue weighted by molar-refractivity contribution is 0.361. The van der Waals surface area contributed by atoms with Crippen molar-refractivity contribution in [2.45, 2.75) is 38.8 Å². The number of rotatable bonds is 4. The van der Waals surface area contributed by atoms with E-state index in [0.717, 1.165) is 0 Å². The highest BCUT2D eigenvalue weighted by molar-refractivity contribution is 9.10. The van der Waals surface area contributed by atoms with Gasteiger partial charge in [-0.1, -0.05) is 66.2 Å². The van der Waals surface area contributed by atoms with E-state index < -0.39 is 0 Å². The molecule has 2 atom stereocenters. The second-order valence-corrected chi connectivity index (χ2v) is 7.15. The second-order valence-electron chi connectivity index (χ2n) is 6.23. The van der Waals surface area contributed by atoms with Crippen molar-refractivity contribution in [2.24, 2.45) is 5.92 Å². The van der Waals surface area contributed by atoms with Crippen molar-refractivity contribution in [3.63, 3.8) is 0 Å². The minimum absolute atomic E-state index is 0.408. The van der Waals surface area contributed by atoms with Crippen LogP contribution in [0.3, 0.4) is 0 Å². The summed E-state index contributed by atoms with van der Waals surface area (Å²) < 4.78 is 1.19. The molecular weight excluding hydrogens is 322 g/mol. The maximum absolute atomic E-state index is 3.89. The Labute approximate surface area is 135 Å². The van der Waals surface area contributed by atoms with E-state index in [2.05, 4.69) is 83.6 Å². The van der Waals surface area contributed by atoms with Gasteiger partial charge in [0, 0.05) is 16.6 Å². The molecule has 1 N–H and O–H groups in total. The molecule has 0 bridgehead atoms. The van der Waals surface area contributed by atoms with Gasteiger partial charge < -0.3 is 5.32 Å². The number of fused-ring (bicyclic) bond motifs is 1. The molecule has 0 aromatic heterocycles. The minimum Gasteiger partial charge on any atom is -0.303 e. The molecule has 0 radical (unpaired) electrons. The third-order valence-corrected chi connectivity index (χ3v) is 4.88. The number of hydrogen-bond donors (Lipinski definition) is 1. The summed E-state index contributed by atoms with van der Waals surface area (Å²) >= 11 is 3.58. The van der Waals surface area contributed by atoms with Crippen LogP contribution in [0.25, 0.3) is 0 Å². The maximum Gasteiger partial charge on any atom is 0.0348 e. The zero-order valence-corrected chi connectivity index (χ0v) is 14.2. The summed E-state index contributed by atoms with van der Waals surface area (Å²) in [5, 5.41) is 3.89. The van der Waals surface area contributed by atoms with Gasteiger partial charge >= 0.3 is 0 Å². The van der Waals surface area contributed by atoms with Gasteiger partial charge in [0.05, 0.1) is 0 Å². The first-order valence-corrected chi connectivity index (χ1v) is 8.54. The normalized spacial score (nSPS) is 18.8. The summed E-state index contributed by atoms with van der Waals surface area (Å²) in [5.74, 6) is 0.576. The number of benzene rings is 2. The molecule has 0 fully saturated rings. The van der Waals surface area contributed by atoms with Gasteiger partial charge in [-0.25, -0.2) is 0 Å². The van der Waals surface area contributed by atoms with Crippen molar-refractivity contribution >= 4 is 15.9 Å². The number of nitrogens with one attached hydrogen (secondary N) is 1. The van der Waals surface area contributed by atoms with Gasteiger partial charge in [0.25, 0.3) is 0 Å². The van der Waals surface area contributed by atoms with Gasteiger partial charge in [-0.3, -0.25) is 0 Å². The quantitative estimate of drug-likeness (QED) is 0.780. The average molecular weight is 344 g/mol. The molecule has 1 aliphatic rings. The lowest BCUT2D eigenvalue weighted by atomic mass is 9.94. The highest BCUT2D eigenvalue weighted by Gasteiger charge is 2.26. The summed E-state index contributed by atoms with van der Waals surface area (Å²) in [6.07, 6.45) is 2.37. The topological polar surface area (TPSA) is 12.0 Å². The molecule has 2 unspecified atom stereocenters. The van der Waals surface area contributed by atoms with Crippen molar-refractivity contribution in [3.8, 4) is 0 Å². The molecule has 2 aromatic rings. The zero-order valence-electron chi connectivity index (χ0n) is 12.6. The van der Waals surface area contributed by atoms with Crippen molar-refractivity contribution in [3.05, 3.63) is 69.7 Å². The van der Waals surface area contributed by atoms with E-state index in [9.17, 15) is 0 Å². The standard InChI is InChI=1S/C19H22BrN/c1-13(2)19(14-6-4-3-5-7-14)21-18-11-8-15-12-16(20)9-10-17(15)18/h3-7,9-10,12-13,18-19,21H,8,11H2,1-2H3. The Morgan fingerprint density at radius 2 is 1.86 bits per heavy atom. The van der Waals surface area contributed by atoms with Crippen LogP contribution in [0, 0.1) is 5.92 Å². The summed E-state index contributed by atoms with van der Waals surface area (Å²) in [6.45, 7) is 4.59. The molecule has 0 spiro atoms. The Morgan fingerprint density at radius 1 is 1.10 bits per heavy atom. The van der Waals surface area contributed by atoms with Crippen LogP contribution in [0.1, 0.15) is 49.0 Å². The van der Waals surface area contributed by atoms with Gasteiger partial charge in [0.15, 0.2) is 0 Å². The molecule has 0 heterocycles. The summed E-state index contributed by atoms with van der Waals surface area (Å²) in [7, 11) is 0. The highest BCUT2D eigenvalue weighted by atomic mass is 79.9. The fourth-order valence-electron chi connectivity index (χ4n) is 3.31. The molecule has 2 heteroatoms. The lowest BCUT2D eigenvalue weighted by Crippen LogP contribution is -2.28. The highest BCUT2D eigenvalue weighted by Crippen LogP contribution is 2.36. The van der Waals surface area contributed by atoms with Crippen molar-refractivity contribution < 1.29 is 0 Å². The van der Waals surface area contributed by atoms with Crippen LogP contribution < -0.4 is 5.32 Å². The number of halogens is 1. The van der Waals surface area contributed by atoms with Gasteiger partial charge in [0.2, 0.25) is 0 Å². The predicted octanol–water partition coefficient (Wildman–Crippen LogP) is 5.42. The Balaban J connectivity index is 1.83. The first-order chi connectivity index (χ1) is 10.1. The van der Waals surface area contributed by atoms with Crippen LogP contribution in [-0.2, 0) is 6.42 Å². The average Bonchev–Trinajstić information content (AvgIpc) is 2.87. The zero-order chi connectivity index (χ0) is 14.8. The Hall–Kier alpha value is -1.12. The second kappa shape index (κ2) is 6.33. The molecule has 1 nitrogen and oxygen atoms in total. The lowest BCUT2D eigenvalue weighted by Gasteiger charge is -2.27. The van der Waals surface area contributed by atoms with E-state index in [1.165, 1.54) is 34.0 Å². The summed E-state index contributed by atoms with van der Waals surface area (Å²) in [6, 6.07) is 18.4. The fraction of sp³-hybridized carbons (Fsp3) is 0.368. The molecule has 0 saturated carbocycles. The molecule has 3 rings (SSSR count). The molecule has 0 aliphatic heterocycles. The molecule has 1 aliphatic carbocycles. The van der Waals surface area contributed by atoms with E-state index in [1.807, 2.05) is 0 Å². The monoisotopic (exact) mass is 343 g/mol. The van der Waals surface area contributed by atoms with Crippen LogP contribution in [0.5, 0.6) is 0 Å². The van der Waals surface area contributed by atoms with E-state index in [-0.39, 0.29) is 0 Å². The van der Waals surface area contributed by atoms with Crippen LogP contribution in [-0.4, -0.2) is 0 Å². The van der Waals surface area contributed by atoms with Crippen LogP contribution in [0.4, 0.5) is 0 Å². The Bertz CT molecular complexity index is 606. The smallest absolute Gasteiger partial charge is 0.0348 e. The van der Waals surface area contributed by atoms with Crippen molar-refractivity contribution in [1.82, 2.24) is 5.32 Å². The fourth-order valence-corrected chi connectivity index (χ4v) is 3.72. The largest absolute Gasteiger partial charge is 0.303 e. The number of hydrogen-bond acceptors (Lipinski definition) is 1. The Kier molecular flexibility index (Phi) is 4.46. The van der Waals surface area contributed by atoms with Crippen LogP contribution in [0.15, 0.2) is 53.0 Å². The third kappa shape index (κ3) is 3.22. The van der Waals surface area contributed by atoms with Gasteiger partial charge in [-0.05, 0) is 47.6 Å². The maximum atomic E-state index is 3.89. The van der Waals surface area contributed by atoms with E-state index in [0.29, 0.717) is 18.0 Å². The molecular formula is C19H22BrN. The minimum atomic E-state index is 0.408. The first kappa shape index (κ1) is 14.8. The summed E-state index contributed by atoms with van der Waals surface area (Å²) in [4.78, 5) is 0. The Morgan fingerprint density at radius 3 is 2.57 bits per heavy atom. The van der Waals surface area contributed by atoms with Crippen LogP contribution >= 0.6 is 15.9 Å². The molecule has 110 valence electrons. The van der Waals surface area contributed by atoms with Crippen molar-refractivity contribution in [2.75, 3.05) is 0 Å². The molecule has 0 amide bonds. The van der Waals surface area contributed by atoms with Crippen LogP contribution in [0.2, 0.25) is 0 Å². The predicted molar refractivity (Wildman–Crippen MR) is 92.4 cm³/mol. The van der Waals surface area contributed by atoms with Crippen molar-refractivity contribution in [1.29, 1.82) is 0 Å². The van der Waals surface area contributed by atoms with Gasteiger partial charge in [0.1, 0.15) is 0 Å². The number of aryl methyl sites for hydroxylation is 1. The third-order valence-electron chi connectivity index (χ3n) is 4.39. The van der Waals surface area contributed by atoms with Gasteiger partial charge in [-0.15, -0.1) is 0 Å². The molecule has 2 aromatic carbocycles. The summed E-state index contributed by atoms with van der Waals surface area (Å²) in [5.41, 5.74) is 4.34. The van der Waals surface area contributed by atoms with E-state index in [1.54, 1.807) is 0 Å². The molecule has 0 saturated heterocycles. The van der Waals surface area contributed by atoms with Gasteiger partial charge in [-0.2, -0.15) is 0 Å². The van der Waals surface area contributed by atoms with E-state index >= 15 is 0 Å².